The maximum atomic E-state index is 12.0. The third kappa shape index (κ3) is 3.17. The molecule has 2 heterocycles. The summed E-state index contributed by atoms with van der Waals surface area (Å²) in [5.74, 6) is 1.05. The van der Waals surface area contributed by atoms with Crippen LogP contribution in [0.4, 0.5) is 0 Å². The van der Waals surface area contributed by atoms with Gasteiger partial charge in [0.1, 0.15) is 11.3 Å². The molecule has 0 radical (unpaired) electrons. The number of carbonyl (C=O) groups is 1. The van der Waals surface area contributed by atoms with Gasteiger partial charge in [-0.3, -0.25) is 4.79 Å². The fourth-order valence-electron chi connectivity index (χ4n) is 2.19. The molecule has 0 aliphatic heterocycles. The number of benzene rings is 1. The van der Waals surface area contributed by atoms with Crippen molar-refractivity contribution >= 4 is 28.6 Å². The molecule has 0 spiro atoms. The molecule has 114 valence electrons. The summed E-state index contributed by atoms with van der Waals surface area (Å²) in [4.78, 5) is 16.2. The minimum Gasteiger partial charge on any atom is -0.459 e. The van der Waals surface area contributed by atoms with Gasteiger partial charge in [0.25, 0.3) is 0 Å². The number of thioether (sulfide) groups is 1. The number of carbonyl (C=O) groups excluding carboxylic acids is 1. The van der Waals surface area contributed by atoms with E-state index >= 15 is 0 Å². The molecule has 0 aliphatic carbocycles. The Morgan fingerprint density at radius 3 is 3.00 bits per heavy atom. The molecule has 5 nitrogen and oxygen atoms in total. The van der Waals surface area contributed by atoms with E-state index in [1.54, 1.807) is 6.20 Å². The molecule has 3 aromatic rings. The van der Waals surface area contributed by atoms with Crippen LogP contribution in [0.3, 0.4) is 0 Å². The van der Waals surface area contributed by atoms with E-state index < -0.39 is 0 Å². The summed E-state index contributed by atoms with van der Waals surface area (Å²) in [6, 6.07) is 9.61. The molecule has 0 saturated heterocycles. The Balaban J connectivity index is 1.59. The molecule has 22 heavy (non-hydrogen) atoms. The third-order valence-electron chi connectivity index (χ3n) is 3.36. The second-order valence-corrected chi connectivity index (χ2v) is 6.03. The van der Waals surface area contributed by atoms with Crippen molar-refractivity contribution in [3.63, 3.8) is 0 Å². The van der Waals surface area contributed by atoms with Gasteiger partial charge in [0.05, 0.1) is 11.8 Å². The summed E-state index contributed by atoms with van der Waals surface area (Å²) >= 11 is 1.41. The number of imidazole rings is 1. The lowest BCUT2D eigenvalue weighted by atomic mass is 10.2. The minimum absolute atomic E-state index is 0.0408. The van der Waals surface area contributed by atoms with E-state index in [9.17, 15) is 4.79 Å². The first-order valence-corrected chi connectivity index (χ1v) is 8.00. The van der Waals surface area contributed by atoms with Gasteiger partial charge >= 0.3 is 0 Å². The molecule has 0 fully saturated rings. The molecular weight excluding hydrogens is 298 g/mol. The van der Waals surface area contributed by atoms with Crippen molar-refractivity contribution in [2.75, 3.05) is 5.75 Å². The smallest absolute Gasteiger partial charge is 0.231 e. The largest absolute Gasteiger partial charge is 0.459 e. The number of aromatic nitrogens is 2. The normalized spacial score (nSPS) is 12.5. The standard InChI is InChI=1S/C16H17N3O2S/c1-11(14-9-12-5-3-4-6-13(12)21-14)18-15(20)10-22-16-17-7-8-19(16)2/h3-9,11H,10H2,1-2H3,(H,18,20)/t11-/m1/s1. The zero-order chi connectivity index (χ0) is 15.5. The lowest BCUT2D eigenvalue weighted by Gasteiger charge is -2.11. The number of rotatable bonds is 5. The molecule has 0 bridgehead atoms. The van der Waals surface area contributed by atoms with E-state index in [2.05, 4.69) is 10.3 Å². The van der Waals surface area contributed by atoms with Crippen LogP contribution in [0.5, 0.6) is 0 Å². The molecule has 0 unspecified atom stereocenters. The summed E-state index contributed by atoms with van der Waals surface area (Å²) in [6.45, 7) is 1.92. The van der Waals surface area contributed by atoms with Gasteiger partial charge in [0.15, 0.2) is 5.16 Å². The first-order chi connectivity index (χ1) is 10.6. The van der Waals surface area contributed by atoms with Gasteiger partial charge in [-0.05, 0) is 19.1 Å². The Hall–Kier alpha value is -2.21. The van der Waals surface area contributed by atoms with E-state index in [0.717, 1.165) is 21.9 Å². The summed E-state index contributed by atoms with van der Waals surface area (Å²) < 4.78 is 7.65. The Bertz CT molecular complexity index is 760. The van der Waals surface area contributed by atoms with E-state index in [1.165, 1.54) is 11.8 Å². The minimum atomic E-state index is -0.165. The first-order valence-electron chi connectivity index (χ1n) is 7.01. The van der Waals surface area contributed by atoms with E-state index in [4.69, 9.17) is 4.42 Å². The second kappa shape index (κ2) is 6.27. The number of amides is 1. The number of fused-ring (bicyclic) bond motifs is 1. The fourth-order valence-corrected chi connectivity index (χ4v) is 2.93. The van der Waals surface area contributed by atoms with Gasteiger partial charge in [-0.2, -0.15) is 0 Å². The van der Waals surface area contributed by atoms with Crippen LogP contribution in [0.2, 0.25) is 0 Å². The monoisotopic (exact) mass is 315 g/mol. The van der Waals surface area contributed by atoms with E-state index in [1.807, 2.05) is 55.1 Å². The number of hydrogen-bond acceptors (Lipinski definition) is 4. The van der Waals surface area contributed by atoms with Gasteiger partial charge in [-0.1, -0.05) is 30.0 Å². The zero-order valence-corrected chi connectivity index (χ0v) is 13.3. The first kappa shape index (κ1) is 14.7. The highest BCUT2D eigenvalue weighted by molar-refractivity contribution is 7.99. The maximum absolute atomic E-state index is 12.0. The number of hydrogen-bond donors (Lipinski definition) is 1. The second-order valence-electron chi connectivity index (χ2n) is 5.09. The van der Waals surface area contributed by atoms with Gasteiger partial charge in [-0.25, -0.2) is 4.98 Å². The maximum Gasteiger partial charge on any atom is 0.231 e. The van der Waals surface area contributed by atoms with Crippen molar-refractivity contribution in [2.24, 2.45) is 7.05 Å². The third-order valence-corrected chi connectivity index (χ3v) is 4.42. The van der Waals surface area contributed by atoms with Crippen LogP contribution in [0, 0.1) is 0 Å². The Labute approximate surface area is 132 Å². The highest BCUT2D eigenvalue weighted by Gasteiger charge is 2.14. The fraction of sp³-hybridized carbons (Fsp3) is 0.250. The van der Waals surface area contributed by atoms with Crippen molar-refractivity contribution in [1.82, 2.24) is 14.9 Å². The summed E-state index contributed by atoms with van der Waals surface area (Å²) in [6.07, 6.45) is 3.58. The molecule has 1 amide bonds. The molecule has 6 heteroatoms. The van der Waals surface area contributed by atoms with Crippen LogP contribution >= 0.6 is 11.8 Å². The van der Waals surface area contributed by atoms with Crippen molar-refractivity contribution in [1.29, 1.82) is 0 Å². The highest BCUT2D eigenvalue weighted by Crippen LogP contribution is 2.23. The van der Waals surface area contributed by atoms with Crippen molar-refractivity contribution < 1.29 is 9.21 Å². The van der Waals surface area contributed by atoms with E-state index in [0.29, 0.717) is 5.75 Å². The zero-order valence-electron chi connectivity index (χ0n) is 12.4. The Kier molecular flexibility index (Phi) is 4.20. The lowest BCUT2D eigenvalue weighted by Crippen LogP contribution is -2.28. The lowest BCUT2D eigenvalue weighted by molar-refractivity contribution is -0.119. The van der Waals surface area contributed by atoms with E-state index in [-0.39, 0.29) is 11.9 Å². The van der Waals surface area contributed by atoms with Crippen molar-refractivity contribution in [3.8, 4) is 0 Å². The topological polar surface area (TPSA) is 60.1 Å². The molecule has 3 rings (SSSR count). The van der Waals surface area contributed by atoms with Gasteiger partial charge in [-0.15, -0.1) is 0 Å². The molecule has 1 N–H and O–H groups in total. The molecule has 0 saturated carbocycles. The Morgan fingerprint density at radius 2 is 2.27 bits per heavy atom. The predicted octanol–water partition coefficient (Wildman–Crippen LogP) is 3.14. The van der Waals surface area contributed by atoms with Crippen LogP contribution in [-0.4, -0.2) is 21.2 Å². The molecule has 2 aromatic heterocycles. The van der Waals surface area contributed by atoms with Gasteiger partial charge in [0, 0.05) is 24.8 Å². The molecule has 1 aromatic carbocycles. The predicted molar refractivity (Wildman–Crippen MR) is 86.7 cm³/mol. The number of para-hydroxylation sites is 1. The summed E-state index contributed by atoms with van der Waals surface area (Å²) in [7, 11) is 1.91. The van der Waals surface area contributed by atoms with Gasteiger partial charge in [0.2, 0.25) is 5.91 Å². The SMILES string of the molecule is C[C@@H](NC(=O)CSc1nccn1C)c1cc2ccccc2o1. The number of nitrogens with one attached hydrogen (secondary N) is 1. The van der Waals surface area contributed by atoms with Crippen LogP contribution < -0.4 is 5.32 Å². The average molecular weight is 315 g/mol. The quantitative estimate of drug-likeness (QED) is 0.735. The van der Waals surface area contributed by atoms with Crippen LogP contribution in [0.15, 0.2) is 52.3 Å². The van der Waals surface area contributed by atoms with Crippen LogP contribution in [0.1, 0.15) is 18.7 Å². The van der Waals surface area contributed by atoms with Crippen LogP contribution in [-0.2, 0) is 11.8 Å². The van der Waals surface area contributed by atoms with Crippen LogP contribution in [0.25, 0.3) is 11.0 Å². The molecule has 1 atom stereocenters. The summed E-state index contributed by atoms with van der Waals surface area (Å²) in [5, 5.41) is 4.82. The summed E-state index contributed by atoms with van der Waals surface area (Å²) in [5.41, 5.74) is 0.834. The number of aryl methyl sites for hydroxylation is 1. The van der Waals surface area contributed by atoms with Gasteiger partial charge < -0.3 is 14.3 Å². The molecular formula is C16H17N3O2S. The molecule has 0 aliphatic rings. The number of furan rings is 1. The number of nitrogens with zero attached hydrogens (tertiary/aromatic N) is 2. The van der Waals surface area contributed by atoms with Crippen molar-refractivity contribution in [3.05, 3.63) is 48.5 Å². The average Bonchev–Trinajstić information content (AvgIpc) is 3.11. The Morgan fingerprint density at radius 1 is 1.45 bits per heavy atom. The van der Waals surface area contributed by atoms with Crippen molar-refractivity contribution in [2.45, 2.75) is 18.1 Å². The highest BCUT2D eigenvalue weighted by atomic mass is 32.2.